The number of hydrogen-bond acceptors (Lipinski definition) is 5. The summed E-state index contributed by atoms with van der Waals surface area (Å²) < 4.78 is 18.4. The third-order valence-electron chi connectivity index (χ3n) is 2.98. The molecule has 1 atom stereocenters. The minimum atomic E-state index is 0.113. The van der Waals surface area contributed by atoms with Gasteiger partial charge in [0.1, 0.15) is 0 Å². The molecule has 2 rings (SSSR count). The number of aromatic nitrogens is 2. The Kier molecular flexibility index (Phi) is 6.13. The fraction of sp³-hybridized carbons (Fsp3) is 0.769. The number of anilines is 1. The van der Waals surface area contributed by atoms with E-state index in [2.05, 4.69) is 14.9 Å². The average molecular weight is 269 g/mol. The largest absolute Gasteiger partial charge is 0.382 e. The topological polar surface area (TPSA) is 57.5 Å². The van der Waals surface area contributed by atoms with Gasteiger partial charge in [0, 0.05) is 38.7 Å². The highest BCUT2D eigenvalue weighted by molar-refractivity contribution is 5.25. The zero-order valence-electron chi connectivity index (χ0n) is 11.5. The van der Waals surface area contributed by atoms with Crippen LogP contribution < -0.4 is 5.32 Å². The molecule has 0 radical (unpaired) electrons. The first-order chi connectivity index (χ1) is 9.40. The van der Waals surface area contributed by atoms with E-state index in [0.717, 1.165) is 38.7 Å². The van der Waals surface area contributed by atoms with E-state index in [1.807, 2.05) is 13.1 Å². The van der Waals surface area contributed by atoms with E-state index >= 15 is 0 Å². The molecule has 0 amide bonds. The maximum absolute atomic E-state index is 5.58. The molecule has 0 aliphatic carbocycles. The van der Waals surface area contributed by atoms with Crippen LogP contribution in [0.2, 0.25) is 0 Å². The van der Waals surface area contributed by atoms with Crippen molar-refractivity contribution in [2.24, 2.45) is 0 Å². The van der Waals surface area contributed by atoms with Crippen molar-refractivity contribution >= 4 is 5.95 Å². The van der Waals surface area contributed by atoms with E-state index in [1.165, 1.54) is 0 Å². The molecule has 1 saturated heterocycles. The van der Waals surface area contributed by atoms with Crippen molar-refractivity contribution in [3.63, 3.8) is 0 Å². The van der Waals surface area contributed by atoms with Crippen LogP contribution >= 0.6 is 0 Å². The summed E-state index contributed by atoms with van der Waals surface area (Å²) in [6.07, 6.45) is 4.89. The van der Waals surface area contributed by atoms with Crippen molar-refractivity contribution < 1.29 is 14.2 Å². The van der Waals surface area contributed by atoms with Gasteiger partial charge in [-0.3, -0.25) is 0 Å². The van der Waals surface area contributed by atoms with Crippen LogP contribution in [0.25, 0.3) is 0 Å². The van der Waals surface area contributed by atoms with Crippen molar-refractivity contribution in [1.82, 2.24) is 9.55 Å². The minimum Gasteiger partial charge on any atom is -0.382 e. The first-order valence-electron chi connectivity index (χ1n) is 6.92. The molecule has 19 heavy (non-hydrogen) atoms. The Balaban J connectivity index is 1.72. The van der Waals surface area contributed by atoms with Gasteiger partial charge in [0.05, 0.1) is 25.9 Å². The molecule has 1 aliphatic heterocycles. The van der Waals surface area contributed by atoms with Crippen LogP contribution in [0.15, 0.2) is 12.4 Å². The fourth-order valence-electron chi connectivity index (χ4n) is 2.00. The van der Waals surface area contributed by atoms with Gasteiger partial charge in [-0.25, -0.2) is 4.98 Å². The van der Waals surface area contributed by atoms with E-state index in [1.54, 1.807) is 6.20 Å². The van der Waals surface area contributed by atoms with Crippen LogP contribution in [0.4, 0.5) is 5.95 Å². The number of rotatable bonds is 8. The molecule has 0 aromatic carbocycles. The summed E-state index contributed by atoms with van der Waals surface area (Å²) in [5.74, 6) is 0.880. The van der Waals surface area contributed by atoms with Crippen molar-refractivity contribution in [2.75, 3.05) is 44.9 Å². The van der Waals surface area contributed by atoms with Gasteiger partial charge < -0.3 is 24.1 Å². The van der Waals surface area contributed by atoms with Crippen molar-refractivity contribution in [3.8, 4) is 0 Å². The lowest BCUT2D eigenvalue weighted by molar-refractivity contribution is -0.0819. The lowest BCUT2D eigenvalue weighted by Gasteiger charge is -2.23. The molecule has 108 valence electrons. The predicted octanol–water partition coefficient (Wildman–Crippen LogP) is 1.14. The van der Waals surface area contributed by atoms with E-state index in [0.29, 0.717) is 19.8 Å². The van der Waals surface area contributed by atoms with Crippen LogP contribution in [-0.2, 0) is 20.8 Å². The molecule has 1 aromatic rings. The summed E-state index contributed by atoms with van der Waals surface area (Å²) >= 11 is 0. The average Bonchev–Trinajstić information content (AvgIpc) is 2.90. The van der Waals surface area contributed by atoms with Gasteiger partial charge in [-0.2, -0.15) is 0 Å². The Hall–Kier alpha value is -1.11. The van der Waals surface area contributed by atoms with Crippen molar-refractivity contribution in [2.45, 2.75) is 26.0 Å². The number of nitrogens with one attached hydrogen (secondary N) is 1. The SMILES string of the molecule is CCOCCCn1ccnc1NCC1COCCO1. The van der Waals surface area contributed by atoms with E-state index in [9.17, 15) is 0 Å². The molecule has 1 aliphatic rings. The van der Waals surface area contributed by atoms with Gasteiger partial charge >= 0.3 is 0 Å². The molecular weight excluding hydrogens is 246 g/mol. The van der Waals surface area contributed by atoms with E-state index in [-0.39, 0.29) is 6.10 Å². The highest BCUT2D eigenvalue weighted by atomic mass is 16.6. The van der Waals surface area contributed by atoms with E-state index in [4.69, 9.17) is 14.2 Å². The molecule has 1 fully saturated rings. The molecule has 1 unspecified atom stereocenters. The van der Waals surface area contributed by atoms with Crippen molar-refractivity contribution in [1.29, 1.82) is 0 Å². The molecule has 1 N–H and O–H groups in total. The second-order valence-corrected chi connectivity index (χ2v) is 4.44. The molecule has 2 heterocycles. The Morgan fingerprint density at radius 1 is 1.53 bits per heavy atom. The first-order valence-corrected chi connectivity index (χ1v) is 6.92. The molecule has 0 saturated carbocycles. The maximum Gasteiger partial charge on any atom is 0.202 e. The Labute approximate surface area is 114 Å². The maximum atomic E-state index is 5.58. The Bertz CT molecular complexity index is 351. The van der Waals surface area contributed by atoms with Crippen molar-refractivity contribution in [3.05, 3.63) is 12.4 Å². The molecule has 0 bridgehead atoms. The summed E-state index contributed by atoms with van der Waals surface area (Å²) in [7, 11) is 0. The standard InChI is InChI=1S/C13H23N3O3/c1-2-17-7-3-5-16-6-4-14-13(16)15-10-12-11-18-8-9-19-12/h4,6,12H,2-3,5,7-11H2,1H3,(H,14,15). The van der Waals surface area contributed by atoms with Crippen LogP contribution in [-0.4, -0.2) is 55.2 Å². The van der Waals surface area contributed by atoms with Gasteiger partial charge in [0.2, 0.25) is 5.95 Å². The zero-order valence-corrected chi connectivity index (χ0v) is 11.5. The van der Waals surface area contributed by atoms with Crippen LogP contribution in [0.5, 0.6) is 0 Å². The second-order valence-electron chi connectivity index (χ2n) is 4.44. The normalized spacial score (nSPS) is 19.5. The molecular formula is C13H23N3O3. The monoisotopic (exact) mass is 269 g/mol. The Morgan fingerprint density at radius 3 is 3.26 bits per heavy atom. The highest BCUT2D eigenvalue weighted by Crippen LogP contribution is 2.07. The minimum absolute atomic E-state index is 0.113. The lowest BCUT2D eigenvalue weighted by Crippen LogP contribution is -2.34. The molecule has 0 spiro atoms. The fourth-order valence-corrected chi connectivity index (χ4v) is 2.00. The Morgan fingerprint density at radius 2 is 2.47 bits per heavy atom. The quantitative estimate of drug-likeness (QED) is 0.717. The number of nitrogens with zero attached hydrogens (tertiary/aromatic N) is 2. The summed E-state index contributed by atoms with van der Waals surface area (Å²) in [6, 6.07) is 0. The van der Waals surface area contributed by atoms with Crippen LogP contribution in [0.1, 0.15) is 13.3 Å². The van der Waals surface area contributed by atoms with Gasteiger partial charge in [-0.15, -0.1) is 0 Å². The van der Waals surface area contributed by atoms with E-state index < -0.39 is 0 Å². The smallest absolute Gasteiger partial charge is 0.202 e. The van der Waals surface area contributed by atoms with Gasteiger partial charge in [-0.05, 0) is 13.3 Å². The summed E-state index contributed by atoms with van der Waals surface area (Å²) in [4.78, 5) is 4.31. The molecule has 1 aromatic heterocycles. The number of imidazole rings is 1. The number of hydrogen-bond donors (Lipinski definition) is 1. The lowest BCUT2D eigenvalue weighted by atomic mass is 10.3. The van der Waals surface area contributed by atoms with Gasteiger partial charge in [-0.1, -0.05) is 0 Å². The number of ether oxygens (including phenoxy) is 3. The van der Waals surface area contributed by atoms with Gasteiger partial charge in [0.15, 0.2) is 0 Å². The summed E-state index contributed by atoms with van der Waals surface area (Å²) in [5.41, 5.74) is 0. The van der Waals surface area contributed by atoms with Crippen LogP contribution in [0, 0.1) is 0 Å². The zero-order chi connectivity index (χ0) is 13.3. The third-order valence-corrected chi connectivity index (χ3v) is 2.98. The molecule has 6 nitrogen and oxygen atoms in total. The highest BCUT2D eigenvalue weighted by Gasteiger charge is 2.14. The first kappa shape index (κ1) is 14.3. The summed E-state index contributed by atoms with van der Waals surface area (Å²) in [5, 5.41) is 3.31. The summed E-state index contributed by atoms with van der Waals surface area (Å²) in [6.45, 7) is 7.22. The van der Waals surface area contributed by atoms with Crippen LogP contribution in [0.3, 0.4) is 0 Å². The number of aryl methyl sites for hydroxylation is 1. The van der Waals surface area contributed by atoms with Gasteiger partial charge in [0.25, 0.3) is 0 Å². The third kappa shape index (κ3) is 4.81. The predicted molar refractivity (Wildman–Crippen MR) is 72.4 cm³/mol. The molecule has 6 heteroatoms. The second kappa shape index (κ2) is 8.14.